The van der Waals surface area contributed by atoms with Gasteiger partial charge in [-0.05, 0) is 71.0 Å². The second-order valence-electron chi connectivity index (χ2n) is 7.54. The number of nitrogens with one attached hydrogen (secondary N) is 2. The highest BCUT2D eigenvalue weighted by atomic mass is 32.1. The van der Waals surface area contributed by atoms with Gasteiger partial charge < -0.3 is 15.5 Å². The normalized spacial score (nSPS) is 27.5. The molecule has 0 aromatic heterocycles. The third kappa shape index (κ3) is 4.56. The van der Waals surface area contributed by atoms with E-state index in [0.29, 0.717) is 12.6 Å². The van der Waals surface area contributed by atoms with Crippen LogP contribution in [0.15, 0.2) is 0 Å². The van der Waals surface area contributed by atoms with E-state index in [1.54, 1.807) is 0 Å². The van der Waals surface area contributed by atoms with Gasteiger partial charge in [0.15, 0.2) is 5.11 Å². The first-order chi connectivity index (χ1) is 9.78. The van der Waals surface area contributed by atoms with Gasteiger partial charge in [0, 0.05) is 18.1 Å². The molecule has 2 aliphatic carbocycles. The third-order valence-corrected chi connectivity index (χ3v) is 4.94. The van der Waals surface area contributed by atoms with E-state index in [0.717, 1.165) is 23.5 Å². The summed E-state index contributed by atoms with van der Waals surface area (Å²) < 4.78 is 0. The number of likely N-dealkylation sites (N-methyl/N-ethyl adjacent to an activating group) is 1. The van der Waals surface area contributed by atoms with Crippen LogP contribution >= 0.6 is 12.2 Å². The van der Waals surface area contributed by atoms with Gasteiger partial charge in [0.2, 0.25) is 5.91 Å². The van der Waals surface area contributed by atoms with Crippen LogP contribution in [0.5, 0.6) is 0 Å². The van der Waals surface area contributed by atoms with E-state index >= 15 is 0 Å². The zero-order valence-corrected chi connectivity index (χ0v) is 14.6. The molecule has 0 heterocycles. The number of hydrogen-bond acceptors (Lipinski definition) is 2. The number of nitrogens with zero attached hydrogens (tertiary/aromatic N) is 1. The van der Waals surface area contributed by atoms with Crippen molar-refractivity contribution in [1.29, 1.82) is 0 Å². The molecule has 2 fully saturated rings. The van der Waals surface area contributed by atoms with Crippen LogP contribution in [-0.4, -0.2) is 40.6 Å². The minimum atomic E-state index is -0.198. The van der Waals surface area contributed by atoms with Crippen LogP contribution in [-0.2, 0) is 4.79 Å². The predicted octanol–water partition coefficient (Wildman–Crippen LogP) is 2.29. The van der Waals surface area contributed by atoms with E-state index in [2.05, 4.69) is 10.6 Å². The van der Waals surface area contributed by atoms with Crippen molar-refractivity contribution < 1.29 is 4.79 Å². The predicted molar refractivity (Wildman–Crippen MR) is 90.1 cm³/mol. The molecule has 0 spiro atoms. The molecule has 3 atom stereocenters. The molecule has 2 bridgehead atoms. The lowest BCUT2D eigenvalue weighted by Crippen LogP contribution is -2.51. The van der Waals surface area contributed by atoms with E-state index in [4.69, 9.17) is 12.2 Å². The van der Waals surface area contributed by atoms with Crippen molar-refractivity contribution in [3.8, 4) is 0 Å². The Bertz CT molecular complexity index is 405. The van der Waals surface area contributed by atoms with Gasteiger partial charge in [-0.25, -0.2) is 0 Å². The number of fused-ring (bicyclic) bond motifs is 2. The zero-order chi connectivity index (χ0) is 15.6. The summed E-state index contributed by atoms with van der Waals surface area (Å²) in [6.07, 6.45) is 5.33. The zero-order valence-electron chi connectivity index (χ0n) is 13.7. The molecular weight excluding hydrogens is 282 g/mol. The molecule has 4 nitrogen and oxygen atoms in total. The Hall–Kier alpha value is -0.840. The van der Waals surface area contributed by atoms with Crippen molar-refractivity contribution in [3.63, 3.8) is 0 Å². The lowest BCUT2D eigenvalue weighted by Gasteiger charge is -2.31. The Morgan fingerprint density at radius 3 is 2.48 bits per heavy atom. The molecule has 120 valence electrons. The first-order valence-electron chi connectivity index (χ1n) is 8.15. The van der Waals surface area contributed by atoms with Gasteiger partial charge in [0.25, 0.3) is 0 Å². The molecule has 1 amide bonds. The highest BCUT2D eigenvalue weighted by molar-refractivity contribution is 7.80. The Kier molecular flexibility index (Phi) is 5.12. The van der Waals surface area contributed by atoms with Gasteiger partial charge in [-0.15, -0.1) is 0 Å². The van der Waals surface area contributed by atoms with Crippen LogP contribution in [0.25, 0.3) is 0 Å². The summed E-state index contributed by atoms with van der Waals surface area (Å²) in [7, 11) is 0. The fourth-order valence-corrected chi connectivity index (χ4v) is 3.97. The van der Waals surface area contributed by atoms with E-state index in [1.807, 2.05) is 32.6 Å². The third-order valence-electron chi connectivity index (χ3n) is 4.56. The Balaban J connectivity index is 1.82. The van der Waals surface area contributed by atoms with Gasteiger partial charge in [-0.2, -0.15) is 0 Å². The smallest absolute Gasteiger partial charge is 0.240 e. The molecule has 0 aliphatic heterocycles. The van der Waals surface area contributed by atoms with Gasteiger partial charge in [0.05, 0.1) is 6.54 Å². The standard InChI is InChI=1S/C16H29N3OS/c1-5-19(10-14(20)18-16(2,3)4)15(21)17-13-9-11-6-7-12(13)8-11/h11-13H,5-10H2,1-4H3,(H,17,21)(H,18,20)/t11-,12+,13+/m0/s1. The second-order valence-corrected chi connectivity index (χ2v) is 7.93. The fraction of sp³-hybridized carbons (Fsp3) is 0.875. The molecule has 2 aliphatic rings. The first-order valence-corrected chi connectivity index (χ1v) is 8.55. The summed E-state index contributed by atoms with van der Waals surface area (Å²) in [5.41, 5.74) is -0.198. The van der Waals surface area contributed by atoms with Gasteiger partial charge in [-0.3, -0.25) is 4.79 Å². The summed E-state index contributed by atoms with van der Waals surface area (Å²) in [4.78, 5) is 14.0. The summed E-state index contributed by atoms with van der Waals surface area (Å²) >= 11 is 5.52. The van der Waals surface area contributed by atoms with Gasteiger partial charge >= 0.3 is 0 Å². The molecule has 2 rings (SSSR count). The fourth-order valence-electron chi connectivity index (χ4n) is 3.63. The van der Waals surface area contributed by atoms with Crippen LogP contribution in [0.3, 0.4) is 0 Å². The molecule has 5 heteroatoms. The number of amides is 1. The Morgan fingerprint density at radius 2 is 2.00 bits per heavy atom. The molecular formula is C16H29N3OS. The maximum atomic E-state index is 12.1. The minimum absolute atomic E-state index is 0.0291. The Labute approximate surface area is 134 Å². The maximum Gasteiger partial charge on any atom is 0.240 e. The van der Waals surface area contributed by atoms with Crippen molar-refractivity contribution in [3.05, 3.63) is 0 Å². The van der Waals surface area contributed by atoms with Crippen molar-refractivity contribution in [2.75, 3.05) is 13.1 Å². The molecule has 0 unspecified atom stereocenters. The summed E-state index contributed by atoms with van der Waals surface area (Å²) in [5, 5.41) is 7.23. The quantitative estimate of drug-likeness (QED) is 0.782. The number of hydrogen-bond donors (Lipinski definition) is 2. The molecule has 0 aromatic carbocycles. The average Bonchev–Trinajstić information content (AvgIpc) is 2.95. The lowest BCUT2D eigenvalue weighted by molar-refractivity contribution is -0.122. The van der Waals surface area contributed by atoms with E-state index < -0.39 is 0 Å². The van der Waals surface area contributed by atoms with E-state index in [9.17, 15) is 4.79 Å². The molecule has 2 N–H and O–H groups in total. The topological polar surface area (TPSA) is 44.4 Å². The van der Waals surface area contributed by atoms with Gasteiger partial charge in [-0.1, -0.05) is 6.42 Å². The number of carbonyl (C=O) groups excluding carboxylic acids is 1. The molecule has 0 aromatic rings. The SMILES string of the molecule is CCN(CC(=O)NC(C)(C)C)C(=S)N[C@@H]1C[C@H]2CC[C@@H]1C2. The largest absolute Gasteiger partial charge is 0.360 e. The molecule has 0 saturated heterocycles. The average molecular weight is 311 g/mol. The van der Waals surface area contributed by atoms with Crippen LogP contribution in [0.2, 0.25) is 0 Å². The number of rotatable bonds is 4. The van der Waals surface area contributed by atoms with Crippen LogP contribution in [0, 0.1) is 11.8 Å². The lowest BCUT2D eigenvalue weighted by atomic mass is 9.95. The van der Waals surface area contributed by atoms with Crippen LogP contribution < -0.4 is 10.6 Å². The summed E-state index contributed by atoms with van der Waals surface area (Å²) in [6.45, 7) is 9.11. The molecule has 2 saturated carbocycles. The molecule has 0 radical (unpaired) electrons. The number of thiocarbonyl (C=S) groups is 1. The highest BCUT2D eigenvalue weighted by Crippen LogP contribution is 2.44. The monoisotopic (exact) mass is 311 g/mol. The van der Waals surface area contributed by atoms with E-state index in [-0.39, 0.29) is 11.4 Å². The summed E-state index contributed by atoms with van der Waals surface area (Å²) in [5.74, 6) is 1.71. The highest BCUT2D eigenvalue weighted by Gasteiger charge is 2.40. The first kappa shape index (κ1) is 16.5. The van der Waals surface area contributed by atoms with Crippen molar-refractivity contribution in [2.45, 2.75) is 65.0 Å². The summed E-state index contributed by atoms with van der Waals surface area (Å²) in [6, 6.07) is 0.524. The minimum Gasteiger partial charge on any atom is -0.360 e. The maximum absolute atomic E-state index is 12.1. The van der Waals surface area contributed by atoms with Crippen LogP contribution in [0.4, 0.5) is 0 Å². The van der Waals surface area contributed by atoms with E-state index in [1.165, 1.54) is 25.7 Å². The van der Waals surface area contributed by atoms with Crippen LogP contribution in [0.1, 0.15) is 53.4 Å². The Morgan fingerprint density at radius 1 is 1.29 bits per heavy atom. The molecule has 21 heavy (non-hydrogen) atoms. The van der Waals surface area contributed by atoms with Gasteiger partial charge in [0.1, 0.15) is 0 Å². The van der Waals surface area contributed by atoms with Crippen molar-refractivity contribution in [2.24, 2.45) is 11.8 Å². The van der Waals surface area contributed by atoms with Crippen molar-refractivity contribution >= 4 is 23.2 Å². The second kappa shape index (κ2) is 6.51. The number of carbonyl (C=O) groups is 1. The van der Waals surface area contributed by atoms with Crippen molar-refractivity contribution in [1.82, 2.24) is 15.5 Å².